The Bertz CT molecular complexity index is 422. The Balaban J connectivity index is 1.93. The predicted molar refractivity (Wildman–Crippen MR) is 71.0 cm³/mol. The first-order valence-corrected chi connectivity index (χ1v) is 6.58. The van der Waals surface area contributed by atoms with Crippen molar-refractivity contribution in [3.05, 3.63) is 57.2 Å². The van der Waals surface area contributed by atoms with E-state index in [1.165, 1.54) is 11.1 Å². The molecule has 1 heterocycles. The van der Waals surface area contributed by atoms with Crippen LogP contribution >= 0.6 is 22.9 Å². The zero-order chi connectivity index (χ0) is 11.4. The van der Waals surface area contributed by atoms with Crippen LogP contribution in [0.2, 0.25) is 5.02 Å². The van der Waals surface area contributed by atoms with Crippen LogP contribution in [0.3, 0.4) is 0 Å². The summed E-state index contributed by atoms with van der Waals surface area (Å²) in [5, 5.41) is 8.54. The lowest BCUT2D eigenvalue weighted by Crippen LogP contribution is -2.17. The van der Waals surface area contributed by atoms with E-state index in [2.05, 4.69) is 41.2 Å². The normalized spacial score (nSPS) is 12.6. The van der Waals surface area contributed by atoms with Crippen molar-refractivity contribution in [2.45, 2.75) is 19.5 Å². The molecular weight excluding hydrogens is 238 g/mol. The van der Waals surface area contributed by atoms with Gasteiger partial charge in [-0.05, 0) is 47.0 Å². The monoisotopic (exact) mass is 251 g/mol. The van der Waals surface area contributed by atoms with E-state index in [1.54, 1.807) is 11.3 Å². The maximum atomic E-state index is 5.86. The molecule has 3 heteroatoms. The molecule has 0 spiro atoms. The zero-order valence-corrected chi connectivity index (χ0v) is 10.7. The van der Waals surface area contributed by atoms with Crippen LogP contribution in [0.25, 0.3) is 0 Å². The summed E-state index contributed by atoms with van der Waals surface area (Å²) in [6.07, 6.45) is 0. The van der Waals surface area contributed by atoms with Gasteiger partial charge in [0.1, 0.15) is 0 Å². The molecule has 0 aliphatic rings. The van der Waals surface area contributed by atoms with E-state index in [9.17, 15) is 0 Å². The highest BCUT2D eigenvalue weighted by molar-refractivity contribution is 7.07. The van der Waals surface area contributed by atoms with Crippen molar-refractivity contribution in [3.8, 4) is 0 Å². The van der Waals surface area contributed by atoms with E-state index in [4.69, 9.17) is 11.6 Å². The van der Waals surface area contributed by atoms with Gasteiger partial charge in [-0.25, -0.2) is 0 Å². The van der Waals surface area contributed by atoms with Crippen molar-refractivity contribution in [3.63, 3.8) is 0 Å². The molecule has 1 aromatic carbocycles. The Morgan fingerprint density at radius 2 is 2.00 bits per heavy atom. The quantitative estimate of drug-likeness (QED) is 0.857. The highest BCUT2D eigenvalue weighted by atomic mass is 35.5. The minimum atomic E-state index is 0.345. The molecule has 0 fully saturated rings. The van der Waals surface area contributed by atoms with Crippen LogP contribution < -0.4 is 5.32 Å². The number of hydrogen-bond acceptors (Lipinski definition) is 2. The average Bonchev–Trinajstić information content (AvgIpc) is 2.80. The summed E-state index contributed by atoms with van der Waals surface area (Å²) >= 11 is 7.59. The van der Waals surface area contributed by atoms with E-state index in [-0.39, 0.29) is 0 Å². The van der Waals surface area contributed by atoms with E-state index >= 15 is 0 Å². The van der Waals surface area contributed by atoms with Crippen molar-refractivity contribution >= 4 is 22.9 Å². The van der Waals surface area contributed by atoms with Crippen molar-refractivity contribution in [1.82, 2.24) is 5.32 Å². The summed E-state index contributed by atoms with van der Waals surface area (Å²) in [6, 6.07) is 10.5. The highest BCUT2D eigenvalue weighted by Crippen LogP contribution is 2.16. The van der Waals surface area contributed by atoms with E-state index in [0.717, 1.165) is 11.6 Å². The number of halogens is 1. The zero-order valence-electron chi connectivity index (χ0n) is 9.11. The fourth-order valence-electron chi connectivity index (χ4n) is 1.53. The van der Waals surface area contributed by atoms with Crippen molar-refractivity contribution in [1.29, 1.82) is 0 Å². The first-order chi connectivity index (χ1) is 7.75. The second-order valence-electron chi connectivity index (χ2n) is 3.79. The smallest absolute Gasteiger partial charge is 0.0406 e. The molecule has 16 heavy (non-hydrogen) atoms. The molecule has 0 bridgehead atoms. The Morgan fingerprint density at radius 3 is 2.62 bits per heavy atom. The van der Waals surface area contributed by atoms with Gasteiger partial charge >= 0.3 is 0 Å². The van der Waals surface area contributed by atoms with Gasteiger partial charge in [0.15, 0.2) is 0 Å². The topological polar surface area (TPSA) is 12.0 Å². The minimum Gasteiger partial charge on any atom is -0.306 e. The molecule has 2 rings (SSSR count). The van der Waals surface area contributed by atoms with Crippen molar-refractivity contribution in [2.75, 3.05) is 0 Å². The fourth-order valence-corrected chi connectivity index (χ4v) is 2.33. The Hall–Kier alpha value is -0.830. The molecule has 0 amide bonds. The molecule has 0 unspecified atom stereocenters. The molecule has 2 aromatic rings. The molecular formula is C13H14ClNS. The largest absolute Gasteiger partial charge is 0.306 e. The second-order valence-corrected chi connectivity index (χ2v) is 5.00. The van der Waals surface area contributed by atoms with Gasteiger partial charge in [0.05, 0.1) is 0 Å². The lowest BCUT2D eigenvalue weighted by Gasteiger charge is -2.13. The van der Waals surface area contributed by atoms with Crippen LogP contribution in [-0.2, 0) is 6.54 Å². The molecule has 84 valence electrons. The Morgan fingerprint density at radius 1 is 1.25 bits per heavy atom. The number of thiophene rings is 1. The summed E-state index contributed by atoms with van der Waals surface area (Å²) in [4.78, 5) is 0. The summed E-state index contributed by atoms with van der Waals surface area (Å²) in [5.41, 5.74) is 2.60. The Labute approximate surface area is 105 Å². The first kappa shape index (κ1) is 11.6. The molecule has 0 saturated heterocycles. The van der Waals surface area contributed by atoms with Gasteiger partial charge in [0, 0.05) is 17.6 Å². The molecule has 1 nitrogen and oxygen atoms in total. The summed E-state index contributed by atoms with van der Waals surface area (Å²) < 4.78 is 0. The van der Waals surface area contributed by atoms with Crippen molar-refractivity contribution < 1.29 is 0 Å². The molecule has 1 atom stereocenters. The molecule has 1 N–H and O–H groups in total. The van der Waals surface area contributed by atoms with Gasteiger partial charge in [-0.3, -0.25) is 0 Å². The third kappa shape index (κ3) is 3.08. The molecule has 0 aliphatic carbocycles. The van der Waals surface area contributed by atoms with Gasteiger partial charge in [-0.2, -0.15) is 11.3 Å². The van der Waals surface area contributed by atoms with Gasteiger partial charge in [0.2, 0.25) is 0 Å². The van der Waals surface area contributed by atoms with Crippen LogP contribution in [0.4, 0.5) is 0 Å². The third-order valence-corrected chi connectivity index (χ3v) is 3.55. The molecule has 0 saturated carbocycles. The van der Waals surface area contributed by atoms with Crippen LogP contribution in [-0.4, -0.2) is 0 Å². The number of hydrogen-bond donors (Lipinski definition) is 1. The number of nitrogens with one attached hydrogen (secondary N) is 1. The van der Waals surface area contributed by atoms with E-state index < -0.39 is 0 Å². The Kier molecular flexibility index (Phi) is 3.99. The van der Waals surface area contributed by atoms with E-state index in [1.807, 2.05) is 12.1 Å². The number of benzene rings is 1. The highest BCUT2D eigenvalue weighted by Gasteiger charge is 2.04. The lowest BCUT2D eigenvalue weighted by molar-refractivity contribution is 0.575. The maximum absolute atomic E-state index is 5.86. The first-order valence-electron chi connectivity index (χ1n) is 5.25. The SMILES string of the molecule is C[C@H](NCc1ccsc1)c1ccc(Cl)cc1. The van der Waals surface area contributed by atoms with Gasteiger partial charge in [-0.1, -0.05) is 23.7 Å². The van der Waals surface area contributed by atoms with Gasteiger partial charge in [-0.15, -0.1) is 0 Å². The molecule has 1 aromatic heterocycles. The minimum absolute atomic E-state index is 0.345. The second kappa shape index (κ2) is 5.48. The van der Waals surface area contributed by atoms with Crippen molar-refractivity contribution in [2.24, 2.45) is 0 Å². The number of rotatable bonds is 4. The van der Waals surface area contributed by atoms with Gasteiger partial charge in [0.25, 0.3) is 0 Å². The van der Waals surface area contributed by atoms with E-state index in [0.29, 0.717) is 6.04 Å². The summed E-state index contributed by atoms with van der Waals surface area (Å²) in [7, 11) is 0. The molecule has 0 aliphatic heterocycles. The van der Waals surface area contributed by atoms with Crippen LogP contribution in [0.5, 0.6) is 0 Å². The average molecular weight is 252 g/mol. The molecule has 0 radical (unpaired) electrons. The fraction of sp³-hybridized carbons (Fsp3) is 0.231. The van der Waals surface area contributed by atoms with Crippen LogP contribution in [0, 0.1) is 0 Å². The summed E-state index contributed by atoms with van der Waals surface area (Å²) in [5.74, 6) is 0. The van der Waals surface area contributed by atoms with Crippen LogP contribution in [0.15, 0.2) is 41.1 Å². The maximum Gasteiger partial charge on any atom is 0.0406 e. The lowest BCUT2D eigenvalue weighted by atomic mass is 10.1. The standard InChI is InChI=1S/C13H14ClNS/c1-10(12-2-4-13(14)5-3-12)15-8-11-6-7-16-9-11/h2-7,9-10,15H,8H2,1H3/t10-/m0/s1. The third-order valence-electron chi connectivity index (χ3n) is 2.56. The van der Waals surface area contributed by atoms with Crippen LogP contribution in [0.1, 0.15) is 24.1 Å². The summed E-state index contributed by atoms with van der Waals surface area (Å²) in [6.45, 7) is 3.07. The predicted octanol–water partition coefficient (Wildman–Crippen LogP) is 4.25. The van der Waals surface area contributed by atoms with Gasteiger partial charge < -0.3 is 5.32 Å².